The van der Waals surface area contributed by atoms with Crippen LogP contribution in [0.2, 0.25) is 0 Å². The molecule has 0 unspecified atom stereocenters. The standard InChI is InChI=1S/C19H28N2/c1-2-6-17(7-3-1)12-20-11-10-19(14-20)15-21(16-19)13-18-8-4-5-9-18/h1-3,6-7,18H,4-5,8-16H2. The number of hydrogen-bond acceptors (Lipinski definition) is 2. The number of rotatable bonds is 4. The third-order valence-corrected chi connectivity index (χ3v) is 5.88. The second kappa shape index (κ2) is 5.73. The monoisotopic (exact) mass is 284 g/mol. The summed E-state index contributed by atoms with van der Waals surface area (Å²) in [7, 11) is 0. The summed E-state index contributed by atoms with van der Waals surface area (Å²) >= 11 is 0. The van der Waals surface area contributed by atoms with Crippen molar-refractivity contribution in [3.05, 3.63) is 35.9 Å². The first-order valence-corrected chi connectivity index (χ1v) is 8.80. The molecular formula is C19H28N2. The van der Waals surface area contributed by atoms with Crippen LogP contribution in [0.5, 0.6) is 0 Å². The molecule has 2 nitrogen and oxygen atoms in total. The minimum absolute atomic E-state index is 0.646. The van der Waals surface area contributed by atoms with Crippen molar-refractivity contribution < 1.29 is 0 Å². The molecule has 2 heteroatoms. The largest absolute Gasteiger partial charge is 0.302 e. The van der Waals surface area contributed by atoms with Gasteiger partial charge in [0, 0.05) is 38.1 Å². The summed E-state index contributed by atoms with van der Waals surface area (Å²) in [4.78, 5) is 5.41. The van der Waals surface area contributed by atoms with E-state index in [0.29, 0.717) is 5.41 Å². The highest BCUT2D eigenvalue weighted by atomic mass is 15.3. The van der Waals surface area contributed by atoms with Gasteiger partial charge in [-0.3, -0.25) is 4.90 Å². The van der Waals surface area contributed by atoms with Crippen LogP contribution in [0.25, 0.3) is 0 Å². The van der Waals surface area contributed by atoms with Crippen LogP contribution < -0.4 is 0 Å². The number of benzene rings is 1. The summed E-state index contributed by atoms with van der Waals surface area (Å²) < 4.78 is 0. The first kappa shape index (κ1) is 13.8. The van der Waals surface area contributed by atoms with Gasteiger partial charge in [0.15, 0.2) is 0 Å². The summed E-state index contributed by atoms with van der Waals surface area (Å²) in [5.74, 6) is 1.02. The molecular weight excluding hydrogens is 256 g/mol. The highest BCUT2D eigenvalue weighted by Gasteiger charge is 2.47. The quantitative estimate of drug-likeness (QED) is 0.836. The maximum atomic E-state index is 2.74. The van der Waals surface area contributed by atoms with E-state index in [1.807, 2.05) is 0 Å². The Morgan fingerprint density at radius 1 is 0.952 bits per heavy atom. The highest BCUT2D eigenvalue weighted by Crippen LogP contribution is 2.41. The fourth-order valence-electron chi connectivity index (χ4n) is 4.85. The Kier molecular flexibility index (Phi) is 3.76. The van der Waals surface area contributed by atoms with E-state index in [2.05, 4.69) is 40.1 Å². The summed E-state index contributed by atoms with van der Waals surface area (Å²) in [5.41, 5.74) is 2.12. The van der Waals surface area contributed by atoms with Gasteiger partial charge < -0.3 is 4.90 Å². The maximum Gasteiger partial charge on any atom is 0.0233 e. The fourth-order valence-corrected chi connectivity index (χ4v) is 4.85. The van der Waals surface area contributed by atoms with E-state index >= 15 is 0 Å². The molecule has 21 heavy (non-hydrogen) atoms. The van der Waals surface area contributed by atoms with Crippen LogP contribution in [0.3, 0.4) is 0 Å². The van der Waals surface area contributed by atoms with Crippen molar-refractivity contribution in [3.63, 3.8) is 0 Å². The lowest BCUT2D eigenvalue weighted by Gasteiger charge is -2.49. The van der Waals surface area contributed by atoms with Gasteiger partial charge in [-0.05, 0) is 37.3 Å². The Hall–Kier alpha value is -0.860. The van der Waals surface area contributed by atoms with E-state index < -0.39 is 0 Å². The minimum atomic E-state index is 0.646. The van der Waals surface area contributed by atoms with Gasteiger partial charge in [-0.2, -0.15) is 0 Å². The molecule has 114 valence electrons. The third kappa shape index (κ3) is 3.02. The Labute approximate surface area is 129 Å². The van der Waals surface area contributed by atoms with Crippen LogP contribution in [-0.4, -0.2) is 42.5 Å². The van der Waals surface area contributed by atoms with Crippen LogP contribution in [0.4, 0.5) is 0 Å². The topological polar surface area (TPSA) is 6.48 Å². The fraction of sp³-hybridized carbons (Fsp3) is 0.684. The molecule has 1 spiro atoms. The molecule has 0 radical (unpaired) electrons. The second-order valence-electron chi connectivity index (χ2n) is 7.77. The average molecular weight is 284 g/mol. The lowest BCUT2D eigenvalue weighted by Crippen LogP contribution is -2.58. The molecule has 3 fully saturated rings. The van der Waals surface area contributed by atoms with Crippen molar-refractivity contribution in [1.29, 1.82) is 0 Å². The van der Waals surface area contributed by atoms with Gasteiger partial charge in [0.2, 0.25) is 0 Å². The molecule has 0 aromatic heterocycles. The zero-order valence-electron chi connectivity index (χ0n) is 13.1. The summed E-state index contributed by atoms with van der Waals surface area (Å²) in [5, 5.41) is 0. The zero-order chi connectivity index (χ0) is 14.1. The molecule has 1 aliphatic carbocycles. The predicted octanol–water partition coefficient (Wildman–Crippen LogP) is 3.38. The Morgan fingerprint density at radius 3 is 2.43 bits per heavy atom. The molecule has 0 N–H and O–H groups in total. The van der Waals surface area contributed by atoms with Crippen LogP contribution in [0.1, 0.15) is 37.7 Å². The normalized spacial score (nSPS) is 26.5. The SMILES string of the molecule is c1ccc(CN2CCC3(C2)CN(CC2CCCC2)C3)cc1. The molecule has 0 atom stereocenters. The molecule has 1 aromatic rings. The molecule has 1 saturated carbocycles. The number of nitrogens with zero attached hydrogens (tertiary/aromatic N) is 2. The van der Waals surface area contributed by atoms with Gasteiger partial charge in [-0.1, -0.05) is 43.2 Å². The van der Waals surface area contributed by atoms with Gasteiger partial charge in [-0.15, -0.1) is 0 Å². The zero-order valence-corrected chi connectivity index (χ0v) is 13.1. The molecule has 0 bridgehead atoms. The van der Waals surface area contributed by atoms with Gasteiger partial charge in [0.1, 0.15) is 0 Å². The van der Waals surface area contributed by atoms with Gasteiger partial charge in [-0.25, -0.2) is 0 Å². The Balaban J connectivity index is 1.25. The molecule has 0 amide bonds. The third-order valence-electron chi connectivity index (χ3n) is 5.88. The molecule has 2 heterocycles. The van der Waals surface area contributed by atoms with Crippen molar-refractivity contribution in [2.45, 2.75) is 38.6 Å². The summed E-state index contributed by atoms with van der Waals surface area (Å²) in [6.45, 7) is 7.89. The van der Waals surface area contributed by atoms with Gasteiger partial charge in [0.25, 0.3) is 0 Å². The van der Waals surface area contributed by atoms with Crippen molar-refractivity contribution in [1.82, 2.24) is 9.80 Å². The van der Waals surface area contributed by atoms with Crippen molar-refractivity contribution in [2.24, 2.45) is 11.3 Å². The lowest BCUT2D eigenvalue weighted by molar-refractivity contribution is -0.00237. The first-order chi connectivity index (χ1) is 10.3. The lowest BCUT2D eigenvalue weighted by atomic mass is 9.78. The molecule has 2 saturated heterocycles. The summed E-state index contributed by atoms with van der Waals surface area (Å²) in [6.07, 6.45) is 7.36. The molecule has 4 rings (SSSR count). The molecule has 3 aliphatic rings. The molecule has 2 aliphatic heterocycles. The maximum absolute atomic E-state index is 2.74. The van der Waals surface area contributed by atoms with Crippen LogP contribution in [0.15, 0.2) is 30.3 Å². The van der Waals surface area contributed by atoms with E-state index in [0.717, 1.165) is 12.5 Å². The van der Waals surface area contributed by atoms with Crippen LogP contribution >= 0.6 is 0 Å². The van der Waals surface area contributed by atoms with Crippen molar-refractivity contribution in [3.8, 4) is 0 Å². The smallest absolute Gasteiger partial charge is 0.0233 e. The van der Waals surface area contributed by atoms with Crippen molar-refractivity contribution in [2.75, 3.05) is 32.7 Å². The average Bonchev–Trinajstić information content (AvgIpc) is 3.10. The van der Waals surface area contributed by atoms with E-state index in [-0.39, 0.29) is 0 Å². The summed E-state index contributed by atoms with van der Waals surface area (Å²) in [6, 6.07) is 11.0. The van der Waals surface area contributed by atoms with E-state index in [1.54, 1.807) is 0 Å². The van der Waals surface area contributed by atoms with Crippen molar-refractivity contribution >= 4 is 0 Å². The van der Waals surface area contributed by atoms with Gasteiger partial charge >= 0.3 is 0 Å². The predicted molar refractivity (Wildman–Crippen MR) is 87.2 cm³/mol. The Morgan fingerprint density at radius 2 is 1.67 bits per heavy atom. The highest BCUT2D eigenvalue weighted by molar-refractivity contribution is 5.15. The Bertz CT molecular complexity index is 458. The van der Waals surface area contributed by atoms with Gasteiger partial charge in [0.05, 0.1) is 0 Å². The van der Waals surface area contributed by atoms with Crippen LogP contribution in [0, 0.1) is 11.3 Å². The first-order valence-electron chi connectivity index (χ1n) is 8.80. The second-order valence-corrected chi connectivity index (χ2v) is 7.77. The van der Waals surface area contributed by atoms with E-state index in [4.69, 9.17) is 0 Å². The minimum Gasteiger partial charge on any atom is -0.302 e. The molecule has 1 aromatic carbocycles. The van der Waals surface area contributed by atoms with Crippen LogP contribution in [-0.2, 0) is 6.54 Å². The number of hydrogen-bond donors (Lipinski definition) is 0. The van der Waals surface area contributed by atoms with E-state index in [9.17, 15) is 0 Å². The van der Waals surface area contributed by atoms with E-state index in [1.165, 1.54) is 70.4 Å². The number of likely N-dealkylation sites (tertiary alicyclic amines) is 2.